The Morgan fingerprint density at radius 3 is 2.21 bits per heavy atom. The van der Waals surface area contributed by atoms with Crippen molar-refractivity contribution in [2.45, 2.75) is 93.4 Å². The maximum absolute atomic E-state index is 2.72. The molecule has 0 amide bonds. The van der Waals surface area contributed by atoms with Crippen LogP contribution >= 0.6 is 0 Å². The van der Waals surface area contributed by atoms with Crippen molar-refractivity contribution in [3.63, 3.8) is 0 Å². The molecule has 0 saturated heterocycles. The van der Waals surface area contributed by atoms with E-state index in [1.54, 1.807) is 6.42 Å². The van der Waals surface area contributed by atoms with Crippen LogP contribution in [0.4, 0.5) is 0 Å². The molecule has 0 aliphatic heterocycles. The maximum Gasteiger partial charge on any atom is -0.0238 e. The Bertz CT molecular complexity index is 504. The predicted octanol–water partition coefficient (Wildman–Crippen LogP) is 7.18. The first-order valence-corrected chi connectivity index (χ1v) is 11.1. The molecule has 0 bridgehead atoms. The normalized spacial score (nSPS) is 59.4. The van der Waals surface area contributed by atoms with Crippen LogP contribution in [-0.4, -0.2) is 0 Å². The van der Waals surface area contributed by atoms with E-state index in [4.69, 9.17) is 0 Å². The Morgan fingerprint density at radius 2 is 1.50 bits per heavy atom. The van der Waals surface area contributed by atoms with E-state index in [1.807, 2.05) is 0 Å². The Labute approximate surface area is 151 Å². The summed E-state index contributed by atoms with van der Waals surface area (Å²) in [6.45, 7) is 18.3. The monoisotopic (exact) mass is 330 g/mol. The van der Waals surface area contributed by atoms with Crippen LogP contribution < -0.4 is 0 Å². The van der Waals surface area contributed by atoms with Crippen molar-refractivity contribution >= 4 is 0 Å². The van der Waals surface area contributed by atoms with E-state index in [-0.39, 0.29) is 0 Å². The van der Waals surface area contributed by atoms with E-state index in [0.29, 0.717) is 16.2 Å². The van der Waals surface area contributed by atoms with Crippen LogP contribution in [-0.2, 0) is 0 Å². The first-order valence-electron chi connectivity index (χ1n) is 11.1. The van der Waals surface area contributed by atoms with E-state index in [9.17, 15) is 0 Å². The third-order valence-corrected chi connectivity index (χ3v) is 10.8. The van der Waals surface area contributed by atoms with Gasteiger partial charge in [-0.05, 0) is 96.2 Å². The van der Waals surface area contributed by atoms with Gasteiger partial charge in [-0.1, -0.05) is 54.9 Å². The van der Waals surface area contributed by atoms with Gasteiger partial charge in [-0.3, -0.25) is 0 Å². The fourth-order valence-electron chi connectivity index (χ4n) is 8.75. The highest BCUT2D eigenvalue weighted by molar-refractivity contribution is 5.13. The standard InChI is InChI=1S/C24H42/c1-15-10-11-23(6)18(12-15)8-9-19-20(23)13-16(2)24(7)17(3)22(4,5)14-21(19)24/h15-21H,8-14H2,1-7H3/t15-,16?,17?,18?,19?,20?,21?,23-,24?/m0/s1. The van der Waals surface area contributed by atoms with Crippen LogP contribution in [0, 0.1) is 57.7 Å². The van der Waals surface area contributed by atoms with E-state index in [0.717, 1.165) is 41.4 Å². The van der Waals surface area contributed by atoms with E-state index in [1.165, 1.54) is 38.5 Å². The van der Waals surface area contributed by atoms with Gasteiger partial charge < -0.3 is 0 Å². The van der Waals surface area contributed by atoms with Crippen molar-refractivity contribution in [3.05, 3.63) is 0 Å². The highest BCUT2D eigenvalue weighted by Gasteiger charge is 2.64. The Morgan fingerprint density at radius 1 is 0.792 bits per heavy atom. The quantitative estimate of drug-likeness (QED) is 0.441. The lowest BCUT2D eigenvalue weighted by atomic mass is 9.42. The average Bonchev–Trinajstić information content (AvgIpc) is 2.70. The van der Waals surface area contributed by atoms with Gasteiger partial charge in [0.05, 0.1) is 0 Å². The summed E-state index contributed by atoms with van der Waals surface area (Å²) in [5.41, 5.74) is 1.80. The van der Waals surface area contributed by atoms with Crippen LogP contribution in [0.15, 0.2) is 0 Å². The van der Waals surface area contributed by atoms with Crippen molar-refractivity contribution in [3.8, 4) is 0 Å². The third-order valence-electron chi connectivity index (χ3n) is 10.8. The molecule has 7 unspecified atom stereocenters. The second kappa shape index (κ2) is 5.26. The zero-order valence-electron chi connectivity index (χ0n) is 17.5. The first-order chi connectivity index (χ1) is 11.1. The summed E-state index contributed by atoms with van der Waals surface area (Å²) in [4.78, 5) is 0. The fraction of sp³-hybridized carbons (Fsp3) is 1.00. The molecule has 0 aromatic rings. The summed E-state index contributed by atoms with van der Waals surface area (Å²) >= 11 is 0. The lowest BCUT2D eigenvalue weighted by Gasteiger charge is -2.62. The lowest BCUT2D eigenvalue weighted by Crippen LogP contribution is -2.55. The van der Waals surface area contributed by atoms with Crippen molar-refractivity contribution in [2.24, 2.45) is 57.7 Å². The molecule has 0 heteroatoms. The number of hydrogen-bond acceptors (Lipinski definition) is 0. The van der Waals surface area contributed by atoms with Crippen LogP contribution in [0.25, 0.3) is 0 Å². The van der Waals surface area contributed by atoms with E-state index in [2.05, 4.69) is 48.5 Å². The van der Waals surface area contributed by atoms with Crippen LogP contribution in [0.5, 0.6) is 0 Å². The van der Waals surface area contributed by atoms with E-state index >= 15 is 0 Å². The Hall–Kier alpha value is 0. The summed E-state index contributed by atoms with van der Waals surface area (Å²) in [5.74, 6) is 6.86. The van der Waals surface area contributed by atoms with E-state index < -0.39 is 0 Å². The van der Waals surface area contributed by atoms with Gasteiger partial charge in [0.1, 0.15) is 0 Å². The van der Waals surface area contributed by atoms with Gasteiger partial charge in [0, 0.05) is 0 Å². The molecule has 9 atom stereocenters. The molecule has 0 N–H and O–H groups in total. The molecular weight excluding hydrogens is 288 g/mol. The Balaban J connectivity index is 1.69. The number of rotatable bonds is 0. The fourth-order valence-corrected chi connectivity index (χ4v) is 8.75. The van der Waals surface area contributed by atoms with Crippen LogP contribution in [0.1, 0.15) is 93.4 Å². The minimum absolute atomic E-state index is 0.543. The SMILES string of the molecule is CC1CC2C(CCC3C[C@@H](C)CC[C@@]32C)C2CC(C)(C)C(C)C12C. The zero-order valence-corrected chi connectivity index (χ0v) is 17.5. The number of fused-ring (bicyclic) bond motifs is 5. The number of hydrogen-bond donors (Lipinski definition) is 0. The van der Waals surface area contributed by atoms with Gasteiger partial charge >= 0.3 is 0 Å². The predicted molar refractivity (Wildman–Crippen MR) is 104 cm³/mol. The minimum Gasteiger partial charge on any atom is -0.0625 e. The van der Waals surface area contributed by atoms with Gasteiger partial charge in [0.2, 0.25) is 0 Å². The molecule has 24 heavy (non-hydrogen) atoms. The summed E-state index contributed by atoms with van der Waals surface area (Å²) in [6, 6.07) is 0. The molecule has 4 rings (SSSR count). The average molecular weight is 331 g/mol. The molecule has 0 radical (unpaired) electrons. The van der Waals surface area contributed by atoms with Crippen molar-refractivity contribution in [1.29, 1.82) is 0 Å². The Kier molecular flexibility index (Phi) is 3.82. The summed E-state index contributed by atoms with van der Waals surface area (Å²) in [7, 11) is 0. The van der Waals surface area contributed by atoms with Gasteiger partial charge in [-0.15, -0.1) is 0 Å². The van der Waals surface area contributed by atoms with Gasteiger partial charge in [0.25, 0.3) is 0 Å². The minimum atomic E-state index is 0.543. The summed E-state index contributed by atoms with van der Waals surface area (Å²) in [6.07, 6.45) is 10.7. The van der Waals surface area contributed by atoms with Crippen molar-refractivity contribution < 1.29 is 0 Å². The second-order valence-corrected chi connectivity index (χ2v) is 12.0. The van der Waals surface area contributed by atoms with Crippen molar-refractivity contribution in [2.75, 3.05) is 0 Å². The largest absolute Gasteiger partial charge is 0.0625 e. The molecule has 0 heterocycles. The molecule has 0 nitrogen and oxygen atoms in total. The molecule has 4 saturated carbocycles. The first kappa shape index (κ1) is 17.4. The molecule has 138 valence electrons. The van der Waals surface area contributed by atoms with Gasteiger partial charge in [0.15, 0.2) is 0 Å². The highest BCUT2D eigenvalue weighted by Crippen LogP contribution is 2.72. The van der Waals surface area contributed by atoms with Crippen LogP contribution in [0.3, 0.4) is 0 Å². The molecule has 0 spiro atoms. The zero-order chi connectivity index (χ0) is 17.5. The molecule has 4 aliphatic carbocycles. The maximum atomic E-state index is 2.72. The van der Waals surface area contributed by atoms with Crippen LogP contribution in [0.2, 0.25) is 0 Å². The van der Waals surface area contributed by atoms with Gasteiger partial charge in [-0.2, -0.15) is 0 Å². The molecular formula is C24H42. The van der Waals surface area contributed by atoms with Crippen molar-refractivity contribution in [1.82, 2.24) is 0 Å². The third kappa shape index (κ3) is 2.10. The molecule has 4 aliphatic rings. The smallest absolute Gasteiger partial charge is 0.0238 e. The molecule has 4 fully saturated rings. The second-order valence-electron chi connectivity index (χ2n) is 12.0. The topological polar surface area (TPSA) is 0 Å². The molecule has 0 aromatic heterocycles. The summed E-state index contributed by atoms with van der Waals surface area (Å²) in [5, 5.41) is 0. The molecule has 0 aromatic carbocycles. The van der Waals surface area contributed by atoms with Gasteiger partial charge in [-0.25, -0.2) is 0 Å². The lowest BCUT2D eigenvalue weighted by molar-refractivity contribution is -0.138. The summed E-state index contributed by atoms with van der Waals surface area (Å²) < 4.78 is 0. The highest BCUT2D eigenvalue weighted by atomic mass is 14.7.